The van der Waals surface area contributed by atoms with Gasteiger partial charge in [0.1, 0.15) is 0 Å². The number of carbonyl (C=O) groups excluding carboxylic acids is 1. The standard InChI is InChI=1S/C15H26O/c1-6-7-8-13(16)14-11(2)9-10-12(3)15(14,4)5/h7-8,11-12,14H,6,9-10H2,1-5H3/t11-,12+,14?/m0/s1. The fraction of sp³-hybridized carbons (Fsp3) is 0.800. The number of rotatable bonds is 3. The maximum absolute atomic E-state index is 12.2. The molecule has 0 aromatic heterocycles. The van der Waals surface area contributed by atoms with Gasteiger partial charge in [0.15, 0.2) is 5.78 Å². The normalized spacial score (nSPS) is 34.2. The predicted molar refractivity (Wildman–Crippen MR) is 69.3 cm³/mol. The summed E-state index contributed by atoms with van der Waals surface area (Å²) < 4.78 is 0. The molecule has 16 heavy (non-hydrogen) atoms. The van der Waals surface area contributed by atoms with Gasteiger partial charge in [-0.25, -0.2) is 0 Å². The van der Waals surface area contributed by atoms with Crippen molar-refractivity contribution in [2.75, 3.05) is 0 Å². The highest BCUT2D eigenvalue weighted by Crippen LogP contribution is 2.48. The summed E-state index contributed by atoms with van der Waals surface area (Å²) in [6.45, 7) is 11.1. The Bertz CT molecular complexity index is 275. The van der Waals surface area contributed by atoms with E-state index in [1.807, 2.05) is 6.08 Å². The van der Waals surface area contributed by atoms with E-state index >= 15 is 0 Å². The second-order valence-corrected chi connectivity index (χ2v) is 5.97. The molecule has 1 aliphatic rings. The van der Waals surface area contributed by atoms with Crippen LogP contribution in [0, 0.1) is 23.2 Å². The van der Waals surface area contributed by atoms with Crippen molar-refractivity contribution in [3.05, 3.63) is 12.2 Å². The molecule has 92 valence electrons. The van der Waals surface area contributed by atoms with Gasteiger partial charge in [0, 0.05) is 5.92 Å². The van der Waals surface area contributed by atoms with Crippen molar-refractivity contribution in [3.8, 4) is 0 Å². The molecule has 1 saturated carbocycles. The van der Waals surface area contributed by atoms with Crippen LogP contribution in [0.2, 0.25) is 0 Å². The quantitative estimate of drug-likeness (QED) is 0.653. The lowest BCUT2D eigenvalue weighted by Gasteiger charge is -2.46. The molecular formula is C15H26O. The number of hydrogen-bond donors (Lipinski definition) is 0. The van der Waals surface area contributed by atoms with E-state index in [2.05, 4.69) is 34.6 Å². The molecule has 1 unspecified atom stereocenters. The third-order valence-electron chi connectivity index (χ3n) is 4.52. The largest absolute Gasteiger partial charge is 0.295 e. The SMILES string of the molecule is CCC=CC(=O)C1[C@@H](C)CC[C@@H](C)C1(C)C. The zero-order chi connectivity index (χ0) is 12.3. The molecule has 1 rings (SSSR count). The number of allylic oxidation sites excluding steroid dienone is 2. The topological polar surface area (TPSA) is 17.1 Å². The van der Waals surface area contributed by atoms with Crippen LogP contribution in [0.1, 0.15) is 53.9 Å². The molecule has 0 saturated heterocycles. The first-order valence-corrected chi connectivity index (χ1v) is 6.61. The Kier molecular flexibility index (Phi) is 4.35. The first-order valence-electron chi connectivity index (χ1n) is 6.61. The van der Waals surface area contributed by atoms with Crippen LogP contribution in [0.4, 0.5) is 0 Å². The molecule has 0 heterocycles. The zero-order valence-corrected chi connectivity index (χ0v) is 11.4. The van der Waals surface area contributed by atoms with Crippen molar-refractivity contribution in [3.63, 3.8) is 0 Å². The minimum absolute atomic E-state index is 0.146. The molecule has 0 aliphatic heterocycles. The molecule has 0 amide bonds. The second kappa shape index (κ2) is 5.16. The lowest BCUT2D eigenvalue weighted by atomic mass is 9.58. The molecule has 1 heteroatoms. The van der Waals surface area contributed by atoms with Gasteiger partial charge in [-0.1, -0.05) is 40.7 Å². The number of ketones is 1. The Balaban J connectivity index is 2.89. The molecule has 0 aromatic rings. The van der Waals surface area contributed by atoms with Gasteiger partial charge in [-0.15, -0.1) is 0 Å². The van der Waals surface area contributed by atoms with Crippen LogP contribution in [0.25, 0.3) is 0 Å². The van der Waals surface area contributed by atoms with E-state index in [4.69, 9.17) is 0 Å². The van der Waals surface area contributed by atoms with Crippen molar-refractivity contribution in [1.29, 1.82) is 0 Å². The van der Waals surface area contributed by atoms with Gasteiger partial charge in [-0.05, 0) is 42.6 Å². The summed E-state index contributed by atoms with van der Waals surface area (Å²) in [6, 6.07) is 0. The highest BCUT2D eigenvalue weighted by molar-refractivity contribution is 5.92. The van der Waals surface area contributed by atoms with E-state index in [0.717, 1.165) is 6.42 Å². The molecule has 1 nitrogen and oxygen atoms in total. The minimum Gasteiger partial charge on any atom is -0.295 e. The highest BCUT2D eigenvalue weighted by atomic mass is 16.1. The Labute approximate surface area is 100 Å². The smallest absolute Gasteiger partial charge is 0.159 e. The van der Waals surface area contributed by atoms with Crippen LogP contribution < -0.4 is 0 Å². The third-order valence-corrected chi connectivity index (χ3v) is 4.52. The van der Waals surface area contributed by atoms with Crippen LogP contribution in [-0.4, -0.2) is 5.78 Å². The Hall–Kier alpha value is -0.590. The Morgan fingerprint density at radius 3 is 2.50 bits per heavy atom. The molecule has 0 N–H and O–H groups in total. The van der Waals surface area contributed by atoms with Gasteiger partial charge in [0.05, 0.1) is 0 Å². The van der Waals surface area contributed by atoms with Crippen LogP contribution in [-0.2, 0) is 4.79 Å². The first kappa shape index (κ1) is 13.5. The van der Waals surface area contributed by atoms with Crippen molar-refractivity contribution in [2.45, 2.75) is 53.9 Å². The van der Waals surface area contributed by atoms with E-state index in [9.17, 15) is 4.79 Å². The molecule has 0 bridgehead atoms. The van der Waals surface area contributed by atoms with Gasteiger partial charge in [0.2, 0.25) is 0 Å². The molecular weight excluding hydrogens is 196 g/mol. The Morgan fingerprint density at radius 2 is 1.94 bits per heavy atom. The van der Waals surface area contributed by atoms with Crippen LogP contribution in [0.3, 0.4) is 0 Å². The summed E-state index contributed by atoms with van der Waals surface area (Å²) in [5, 5.41) is 0. The summed E-state index contributed by atoms with van der Waals surface area (Å²) in [5.41, 5.74) is 0.146. The van der Waals surface area contributed by atoms with E-state index in [-0.39, 0.29) is 11.3 Å². The molecule has 0 aromatic carbocycles. The van der Waals surface area contributed by atoms with Crippen molar-refractivity contribution in [1.82, 2.24) is 0 Å². The van der Waals surface area contributed by atoms with E-state index in [1.165, 1.54) is 12.8 Å². The first-order chi connectivity index (χ1) is 7.41. The minimum atomic E-state index is 0.146. The Morgan fingerprint density at radius 1 is 1.31 bits per heavy atom. The molecule has 0 spiro atoms. The monoisotopic (exact) mass is 222 g/mol. The van der Waals surface area contributed by atoms with Crippen LogP contribution >= 0.6 is 0 Å². The average Bonchev–Trinajstić information content (AvgIpc) is 2.21. The van der Waals surface area contributed by atoms with E-state index < -0.39 is 0 Å². The second-order valence-electron chi connectivity index (χ2n) is 5.97. The summed E-state index contributed by atoms with van der Waals surface area (Å²) in [6.07, 6.45) is 7.20. The van der Waals surface area contributed by atoms with Gasteiger partial charge < -0.3 is 0 Å². The van der Waals surface area contributed by atoms with Crippen LogP contribution in [0.15, 0.2) is 12.2 Å². The molecule has 3 atom stereocenters. The summed E-state index contributed by atoms with van der Waals surface area (Å²) in [5.74, 6) is 1.72. The lowest BCUT2D eigenvalue weighted by Crippen LogP contribution is -2.43. The van der Waals surface area contributed by atoms with Gasteiger partial charge in [-0.3, -0.25) is 4.79 Å². The van der Waals surface area contributed by atoms with Crippen molar-refractivity contribution < 1.29 is 4.79 Å². The van der Waals surface area contributed by atoms with E-state index in [0.29, 0.717) is 17.6 Å². The zero-order valence-electron chi connectivity index (χ0n) is 11.4. The van der Waals surface area contributed by atoms with Gasteiger partial charge in [0.25, 0.3) is 0 Å². The fourth-order valence-electron chi connectivity index (χ4n) is 3.08. The van der Waals surface area contributed by atoms with Gasteiger partial charge >= 0.3 is 0 Å². The van der Waals surface area contributed by atoms with Gasteiger partial charge in [-0.2, -0.15) is 0 Å². The van der Waals surface area contributed by atoms with Crippen molar-refractivity contribution in [2.24, 2.45) is 23.2 Å². The summed E-state index contributed by atoms with van der Waals surface area (Å²) in [4.78, 5) is 12.2. The number of hydrogen-bond acceptors (Lipinski definition) is 1. The maximum Gasteiger partial charge on any atom is 0.159 e. The highest BCUT2D eigenvalue weighted by Gasteiger charge is 2.44. The summed E-state index contributed by atoms with van der Waals surface area (Å²) in [7, 11) is 0. The van der Waals surface area contributed by atoms with Crippen molar-refractivity contribution >= 4 is 5.78 Å². The third kappa shape index (κ3) is 2.56. The van der Waals surface area contributed by atoms with E-state index in [1.54, 1.807) is 6.08 Å². The van der Waals surface area contributed by atoms with Crippen LogP contribution in [0.5, 0.6) is 0 Å². The lowest BCUT2D eigenvalue weighted by molar-refractivity contribution is -0.127. The maximum atomic E-state index is 12.2. The average molecular weight is 222 g/mol. The fourth-order valence-corrected chi connectivity index (χ4v) is 3.08. The predicted octanol–water partition coefficient (Wildman–Crippen LogP) is 4.23. The molecule has 0 radical (unpaired) electrons. The molecule has 1 fully saturated rings. The molecule has 1 aliphatic carbocycles. The summed E-state index contributed by atoms with van der Waals surface area (Å²) >= 11 is 0. The number of carbonyl (C=O) groups is 1.